The molecule has 0 radical (unpaired) electrons. The largest absolute Gasteiger partial charge is 0.329 e. The zero-order valence-electron chi connectivity index (χ0n) is 14.9. The fraction of sp³-hybridized carbons (Fsp3) is 0.200. The zero-order valence-corrected chi connectivity index (χ0v) is 14.9. The molecule has 0 spiro atoms. The van der Waals surface area contributed by atoms with Gasteiger partial charge in [-0.25, -0.2) is 13.2 Å². The molecule has 4 rings (SSSR count). The lowest BCUT2D eigenvalue weighted by molar-refractivity contribution is -0.119. The van der Waals surface area contributed by atoms with Gasteiger partial charge in [-0.3, -0.25) is 9.59 Å². The smallest absolute Gasteiger partial charge is 0.229 e. The van der Waals surface area contributed by atoms with Crippen molar-refractivity contribution in [3.63, 3.8) is 0 Å². The number of rotatable bonds is 3. The van der Waals surface area contributed by atoms with E-state index in [9.17, 15) is 22.8 Å². The molecule has 0 aliphatic carbocycles. The maximum atomic E-state index is 13.8. The highest BCUT2D eigenvalue weighted by atomic mass is 19.1. The third-order valence-corrected chi connectivity index (χ3v) is 4.88. The van der Waals surface area contributed by atoms with E-state index < -0.39 is 29.0 Å². The maximum absolute atomic E-state index is 13.8. The summed E-state index contributed by atoms with van der Waals surface area (Å²) in [5.74, 6) is -3.88. The number of nitrogens with one attached hydrogen (secondary N) is 1. The summed E-state index contributed by atoms with van der Waals surface area (Å²) in [5, 5.41) is 2.11. The summed E-state index contributed by atoms with van der Waals surface area (Å²) < 4.78 is 40.6. The Balaban J connectivity index is 1.65. The predicted molar refractivity (Wildman–Crippen MR) is 98.4 cm³/mol. The molecule has 2 aromatic carbocycles. The summed E-state index contributed by atoms with van der Waals surface area (Å²) in [6, 6.07) is 8.56. The van der Waals surface area contributed by atoms with Gasteiger partial charge in [-0.1, -0.05) is 12.1 Å². The number of Topliss-reactive ketones (excluding diaryl/α,β-unsaturated/α-hetero) is 1. The van der Waals surface area contributed by atoms with Gasteiger partial charge in [0.15, 0.2) is 17.4 Å². The van der Waals surface area contributed by atoms with E-state index >= 15 is 0 Å². The molecular formula is C20H16F3N3O2. The number of anilines is 3. The number of carbonyl (C=O) groups excluding carboxylic acids is 2. The van der Waals surface area contributed by atoms with E-state index in [0.29, 0.717) is 24.5 Å². The topological polar surface area (TPSA) is 52.7 Å². The number of fused-ring (bicyclic) bond motifs is 3. The lowest BCUT2D eigenvalue weighted by Crippen LogP contribution is -2.36. The Bertz CT molecular complexity index is 1010. The van der Waals surface area contributed by atoms with Crippen molar-refractivity contribution in [2.75, 3.05) is 28.7 Å². The van der Waals surface area contributed by atoms with Crippen LogP contribution in [0.15, 0.2) is 47.8 Å². The summed E-state index contributed by atoms with van der Waals surface area (Å²) in [6.45, 7) is 0.488. The highest BCUT2D eigenvalue weighted by molar-refractivity contribution is 6.07. The molecule has 5 nitrogen and oxygen atoms in total. The first-order valence-corrected chi connectivity index (χ1v) is 8.68. The molecule has 2 aromatic rings. The van der Waals surface area contributed by atoms with Gasteiger partial charge in [0.2, 0.25) is 5.91 Å². The lowest BCUT2D eigenvalue weighted by Gasteiger charge is -2.29. The molecule has 0 bridgehead atoms. The third-order valence-electron chi connectivity index (χ3n) is 4.88. The molecule has 1 N–H and O–H groups in total. The van der Waals surface area contributed by atoms with E-state index in [1.165, 1.54) is 0 Å². The van der Waals surface area contributed by atoms with E-state index in [2.05, 4.69) is 5.32 Å². The second kappa shape index (κ2) is 6.70. The fourth-order valence-electron chi connectivity index (χ4n) is 3.65. The average molecular weight is 387 g/mol. The average Bonchev–Trinajstić information content (AvgIpc) is 2.93. The first kappa shape index (κ1) is 18.1. The molecule has 28 heavy (non-hydrogen) atoms. The van der Waals surface area contributed by atoms with Gasteiger partial charge in [-0.2, -0.15) is 0 Å². The van der Waals surface area contributed by atoms with Crippen LogP contribution in [0.3, 0.4) is 0 Å². The molecule has 0 saturated heterocycles. The van der Waals surface area contributed by atoms with Crippen LogP contribution in [-0.2, 0) is 9.59 Å². The monoisotopic (exact) mass is 387 g/mol. The molecule has 8 heteroatoms. The molecular weight excluding hydrogens is 371 g/mol. The Morgan fingerprint density at radius 3 is 2.43 bits per heavy atom. The molecule has 2 heterocycles. The van der Waals surface area contributed by atoms with Crippen molar-refractivity contribution in [1.82, 2.24) is 0 Å². The Labute approximate surface area is 159 Å². The Kier molecular flexibility index (Phi) is 4.33. The van der Waals surface area contributed by atoms with Gasteiger partial charge in [-0.15, -0.1) is 0 Å². The SMILES string of the molecule is CN1C2=C(CC(=O)Nc3c(F)cc(F)cc3F)C(=O)CCN2c2ccccc21. The van der Waals surface area contributed by atoms with Crippen LogP contribution in [0.5, 0.6) is 0 Å². The van der Waals surface area contributed by atoms with Crippen LogP contribution in [0.4, 0.5) is 30.2 Å². The van der Waals surface area contributed by atoms with Crippen molar-refractivity contribution in [2.45, 2.75) is 12.8 Å². The quantitative estimate of drug-likeness (QED) is 0.875. The highest BCUT2D eigenvalue weighted by Crippen LogP contribution is 2.43. The molecule has 1 amide bonds. The second-order valence-corrected chi connectivity index (χ2v) is 6.64. The summed E-state index contributed by atoms with van der Waals surface area (Å²) in [4.78, 5) is 28.7. The number of hydrogen-bond donors (Lipinski definition) is 1. The number of carbonyl (C=O) groups is 2. The lowest BCUT2D eigenvalue weighted by atomic mass is 10.00. The van der Waals surface area contributed by atoms with Crippen molar-refractivity contribution in [3.8, 4) is 0 Å². The number of benzene rings is 2. The van der Waals surface area contributed by atoms with Gasteiger partial charge in [0, 0.05) is 37.7 Å². The number of hydrogen-bond acceptors (Lipinski definition) is 4. The van der Waals surface area contributed by atoms with E-state index in [1.54, 1.807) is 7.05 Å². The molecule has 0 unspecified atom stereocenters. The molecule has 2 aliphatic rings. The van der Waals surface area contributed by atoms with Gasteiger partial charge in [0.25, 0.3) is 0 Å². The van der Waals surface area contributed by atoms with E-state index in [1.807, 2.05) is 34.1 Å². The Hall–Kier alpha value is -3.29. The van der Waals surface area contributed by atoms with Crippen molar-refractivity contribution in [3.05, 3.63) is 65.2 Å². The van der Waals surface area contributed by atoms with Crippen LogP contribution >= 0.6 is 0 Å². The summed E-state index contributed by atoms with van der Waals surface area (Å²) in [5.41, 5.74) is 1.37. The zero-order chi connectivity index (χ0) is 20.0. The van der Waals surface area contributed by atoms with Crippen LogP contribution in [0, 0.1) is 17.5 Å². The van der Waals surface area contributed by atoms with Gasteiger partial charge in [0.1, 0.15) is 17.3 Å². The number of ketones is 1. The molecule has 0 saturated carbocycles. The minimum absolute atomic E-state index is 0.193. The number of para-hydroxylation sites is 2. The highest BCUT2D eigenvalue weighted by Gasteiger charge is 2.37. The van der Waals surface area contributed by atoms with Crippen molar-refractivity contribution < 1.29 is 22.8 Å². The molecule has 0 atom stereocenters. The molecule has 0 aromatic heterocycles. The number of nitrogens with zero attached hydrogens (tertiary/aromatic N) is 2. The van der Waals surface area contributed by atoms with E-state index in [4.69, 9.17) is 0 Å². The number of halogens is 3. The van der Waals surface area contributed by atoms with Crippen LogP contribution in [-0.4, -0.2) is 25.3 Å². The Morgan fingerprint density at radius 1 is 1.11 bits per heavy atom. The van der Waals surface area contributed by atoms with Crippen LogP contribution in [0.2, 0.25) is 0 Å². The standard InChI is InChI=1S/C20H16F3N3O2/c1-25-15-4-2-3-5-16(15)26-7-6-17(27)12(20(25)26)10-18(28)24-19-13(22)8-11(21)9-14(19)23/h2-5,8-9H,6-7,10H2,1H3,(H,24,28). The van der Waals surface area contributed by atoms with Gasteiger partial charge < -0.3 is 15.1 Å². The fourth-order valence-corrected chi connectivity index (χ4v) is 3.65. The van der Waals surface area contributed by atoms with Crippen LogP contribution in [0.25, 0.3) is 0 Å². The maximum Gasteiger partial charge on any atom is 0.229 e. The summed E-state index contributed by atoms with van der Waals surface area (Å²) in [7, 11) is 1.80. The van der Waals surface area contributed by atoms with Gasteiger partial charge in [-0.05, 0) is 12.1 Å². The normalized spacial score (nSPS) is 15.6. The minimum atomic E-state index is -1.22. The Morgan fingerprint density at radius 2 is 1.75 bits per heavy atom. The predicted octanol–water partition coefficient (Wildman–Crippen LogP) is 3.57. The second-order valence-electron chi connectivity index (χ2n) is 6.64. The van der Waals surface area contributed by atoms with Crippen molar-refractivity contribution in [2.24, 2.45) is 0 Å². The van der Waals surface area contributed by atoms with Crippen LogP contribution in [0.1, 0.15) is 12.8 Å². The van der Waals surface area contributed by atoms with Gasteiger partial charge >= 0.3 is 0 Å². The van der Waals surface area contributed by atoms with Crippen molar-refractivity contribution >= 4 is 28.8 Å². The van der Waals surface area contributed by atoms with Gasteiger partial charge in [0.05, 0.1) is 17.8 Å². The molecule has 2 aliphatic heterocycles. The third kappa shape index (κ3) is 2.90. The summed E-state index contributed by atoms with van der Waals surface area (Å²) in [6.07, 6.45) is -0.118. The molecule has 0 fully saturated rings. The van der Waals surface area contributed by atoms with Crippen molar-refractivity contribution in [1.29, 1.82) is 0 Å². The minimum Gasteiger partial charge on any atom is -0.329 e. The van der Waals surface area contributed by atoms with Crippen LogP contribution < -0.4 is 15.1 Å². The molecule has 144 valence electrons. The number of amides is 1. The first-order chi connectivity index (χ1) is 13.4. The van der Waals surface area contributed by atoms with E-state index in [-0.39, 0.29) is 24.2 Å². The first-order valence-electron chi connectivity index (χ1n) is 8.68. The summed E-state index contributed by atoms with van der Waals surface area (Å²) >= 11 is 0. The van der Waals surface area contributed by atoms with E-state index in [0.717, 1.165) is 11.4 Å².